The van der Waals surface area contributed by atoms with Crippen LogP contribution in [-0.4, -0.2) is 37.2 Å². The molecule has 0 saturated carbocycles. The number of nitrogens with one attached hydrogen (secondary N) is 2. The number of carbonyl (C=O) groups is 1. The van der Waals surface area contributed by atoms with E-state index in [0.717, 1.165) is 42.6 Å². The van der Waals surface area contributed by atoms with Crippen LogP contribution in [0.4, 0.5) is 10.6 Å². The Bertz CT molecular complexity index is 805. The van der Waals surface area contributed by atoms with Crippen molar-refractivity contribution in [2.75, 3.05) is 11.9 Å². The SMILES string of the molecule is Cc1n[nH]c(C)c1C1CCCCCN1C(=O)Nc1nccn(C)c1=O. The van der Waals surface area contributed by atoms with E-state index in [1.165, 1.54) is 10.8 Å². The summed E-state index contributed by atoms with van der Waals surface area (Å²) in [5, 5.41) is 9.97. The van der Waals surface area contributed by atoms with Crippen LogP contribution in [-0.2, 0) is 7.05 Å². The monoisotopic (exact) mass is 344 g/mol. The molecule has 2 aromatic heterocycles. The van der Waals surface area contributed by atoms with Crippen LogP contribution in [0.3, 0.4) is 0 Å². The standard InChI is InChI=1S/C17H24N6O2/c1-11-14(12(2)21-20-11)13-7-5-4-6-9-23(13)17(25)19-15-16(24)22(3)10-8-18-15/h8,10,13H,4-7,9H2,1-3H3,(H,20,21)(H,18,19,25). The number of amides is 2. The zero-order chi connectivity index (χ0) is 18.0. The first-order valence-corrected chi connectivity index (χ1v) is 8.59. The molecule has 3 rings (SSSR count). The number of hydrogen-bond donors (Lipinski definition) is 2. The van der Waals surface area contributed by atoms with Crippen molar-refractivity contribution < 1.29 is 4.79 Å². The molecule has 1 aliphatic rings. The van der Waals surface area contributed by atoms with Crippen molar-refractivity contribution in [1.29, 1.82) is 0 Å². The van der Waals surface area contributed by atoms with Crippen LogP contribution >= 0.6 is 0 Å². The van der Waals surface area contributed by atoms with Crippen LogP contribution in [0.15, 0.2) is 17.2 Å². The Morgan fingerprint density at radius 3 is 2.84 bits per heavy atom. The lowest BCUT2D eigenvalue weighted by Gasteiger charge is -2.30. The predicted octanol–water partition coefficient (Wildman–Crippen LogP) is 2.27. The number of anilines is 1. The molecule has 1 atom stereocenters. The van der Waals surface area contributed by atoms with Gasteiger partial charge in [0, 0.05) is 37.2 Å². The molecular weight excluding hydrogens is 320 g/mol. The molecule has 0 radical (unpaired) electrons. The molecule has 0 aliphatic carbocycles. The summed E-state index contributed by atoms with van der Waals surface area (Å²) in [4.78, 5) is 30.9. The number of aryl methyl sites for hydroxylation is 3. The van der Waals surface area contributed by atoms with Gasteiger partial charge in [0.1, 0.15) is 0 Å². The van der Waals surface area contributed by atoms with Gasteiger partial charge in [0.05, 0.1) is 11.7 Å². The number of H-pyrrole nitrogens is 1. The van der Waals surface area contributed by atoms with E-state index < -0.39 is 0 Å². The van der Waals surface area contributed by atoms with Gasteiger partial charge < -0.3 is 9.47 Å². The molecule has 1 unspecified atom stereocenters. The summed E-state index contributed by atoms with van der Waals surface area (Å²) >= 11 is 0. The fraction of sp³-hybridized carbons (Fsp3) is 0.529. The third-order valence-electron chi connectivity index (χ3n) is 4.77. The van der Waals surface area contributed by atoms with Crippen LogP contribution in [0.5, 0.6) is 0 Å². The number of likely N-dealkylation sites (tertiary alicyclic amines) is 1. The van der Waals surface area contributed by atoms with Crippen molar-refractivity contribution in [3.63, 3.8) is 0 Å². The molecule has 25 heavy (non-hydrogen) atoms. The molecule has 2 amide bonds. The highest BCUT2D eigenvalue weighted by atomic mass is 16.2. The van der Waals surface area contributed by atoms with Crippen molar-refractivity contribution in [3.05, 3.63) is 39.7 Å². The Hall–Kier alpha value is -2.64. The maximum atomic E-state index is 12.9. The van der Waals surface area contributed by atoms with Gasteiger partial charge in [-0.1, -0.05) is 12.8 Å². The van der Waals surface area contributed by atoms with E-state index in [2.05, 4.69) is 20.5 Å². The molecule has 2 N–H and O–H groups in total. The lowest BCUT2D eigenvalue weighted by molar-refractivity contribution is 0.189. The zero-order valence-corrected chi connectivity index (χ0v) is 14.9. The summed E-state index contributed by atoms with van der Waals surface area (Å²) in [6.45, 7) is 4.58. The second kappa shape index (κ2) is 7.08. The topological polar surface area (TPSA) is 95.9 Å². The number of aromatic nitrogens is 4. The van der Waals surface area contributed by atoms with Gasteiger partial charge in [-0.2, -0.15) is 5.10 Å². The maximum absolute atomic E-state index is 12.9. The van der Waals surface area contributed by atoms with Gasteiger partial charge in [0.25, 0.3) is 5.56 Å². The molecule has 1 saturated heterocycles. The highest BCUT2D eigenvalue weighted by molar-refractivity contribution is 5.88. The first-order valence-electron chi connectivity index (χ1n) is 8.59. The van der Waals surface area contributed by atoms with E-state index in [4.69, 9.17) is 0 Å². The third kappa shape index (κ3) is 3.42. The van der Waals surface area contributed by atoms with Crippen molar-refractivity contribution in [3.8, 4) is 0 Å². The zero-order valence-electron chi connectivity index (χ0n) is 14.9. The minimum atomic E-state index is -0.321. The number of rotatable bonds is 2. The van der Waals surface area contributed by atoms with Crippen molar-refractivity contribution >= 4 is 11.8 Å². The summed E-state index contributed by atoms with van der Waals surface area (Å²) in [5.41, 5.74) is 2.65. The first kappa shape index (κ1) is 17.2. The number of urea groups is 1. The quantitative estimate of drug-likeness (QED) is 0.873. The number of nitrogens with zero attached hydrogens (tertiary/aromatic N) is 4. The van der Waals surface area contributed by atoms with E-state index in [9.17, 15) is 9.59 Å². The largest absolute Gasteiger partial charge is 0.323 e. The molecular formula is C17H24N6O2. The van der Waals surface area contributed by atoms with Crippen molar-refractivity contribution in [2.45, 2.75) is 45.6 Å². The van der Waals surface area contributed by atoms with Gasteiger partial charge in [-0.3, -0.25) is 15.2 Å². The molecule has 0 bridgehead atoms. The molecule has 134 valence electrons. The minimum Gasteiger partial charge on any atom is -0.317 e. The van der Waals surface area contributed by atoms with Crippen molar-refractivity contribution in [2.24, 2.45) is 7.05 Å². The average Bonchev–Trinajstić information content (AvgIpc) is 2.78. The highest BCUT2D eigenvalue weighted by Crippen LogP contribution is 2.33. The molecule has 1 aliphatic heterocycles. The lowest BCUT2D eigenvalue weighted by atomic mass is 9.99. The third-order valence-corrected chi connectivity index (χ3v) is 4.77. The van der Waals surface area contributed by atoms with Crippen LogP contribution in [0.1, 0.15) is 48.7 Å². The molecule has 0 aromatic carbocycles. The molecule has 8 nitrogen and oxygen atoms in total. The van der Waals surface area contributed by atoms with Crippen LogP contribution in [0.25, 0.3) is 0 Å². The fourth-order valence-electron chi connectivity index (χ4n) is 3.46. The Balaban J connectivity index is 1.90. The summed E-state index contributed by atoms with van der Waals surface area (Å²) < 4.78 is 1.40. The lowest BCUT2D eigenvalue weighted by Crippen LogP contribution is -2.40. The smallest absolute Gasteiger partial charge is 0.317 e. The van der Waals surface area contributed by atoms with Gasteiger partial charge in [-0.15, -0.1) is 0 Å². The van der Waals surface area contributed by atoms with Crippen molar-refractivity contribution in [1.82, 2.24) is 24.6 Å². The second-order valence-corrected chi connectivity index (χ2v) is 6.53. The molecule has 3 heterocycles. The summed E-state index contributed by atoms with van der Waals surface area (Å²) in [5.74, 6) is 0.0543. The van der Waals surface area contributed by atoms with E-state index in [1.807, 2.05) is 18.7 Å². The molecule has 1 fully saturated rings. The number of hydrogen-bond acceptors (Lipinski definition) is 4. The normalized spacial score (nSPS) is 18.0. The van der Waals surface area contributed by atoms with Gasteiger partial charge in [0.15, 0.2) is 0 Å². The molecule has 2 aromatic rings. The van der Waals surface area contributed by atoms with Gasteiger partial charge in [0.2, 0.25) is 5.82 Å². The average molecular weight is 344 g/mol. The molecule has 0 spiro atoms. The van der Waals surface area contributed by atoms with Crippen LogP contribution in [0, 0.1) is 13.8 Å². The summed E-state index contributed by atoms with van der Waals surface area (Å²) in [6.07, 6.45) is 7.03. The van der Waals surface area contributed by atoms with Gasteiger partial charge >= 0.3 is 6.03 Å². The van der Waals surface area contributed by atoms with E-state index in [0.29, 0.717) is 6.54 Å². The first-order chi connectivity index (χ1) is 12.0. The van der Waals surface area contributed by atoms with Gasteiger partial charge in [-0.25, -0.2) is 9.78 Å². The Morgan fingerprint density at radius 1 is 1.32 bits per heavy atom. The fourth-order valence-corrected chi connectivity index (χ4v) is 3.46. The van der Waals surface area contributed by atoms with Gasteiger partial charge in [-0.05, 0) is 26.7 Å². The van der Waals surface area contributed by atoms with E-state index in [1.54, 1.807) is 13.2 Å². The highest BCUT2D eigenvalue weighted by Gasteiger charge is 2.30. The minimum absolute atomic E-state index is 0.0474. The van der Waals surface area contributed by atoms with Crippen LogP contribution < -0.4 is 10.9 Å². The maximum Gasteiger partial charge on any atom is 0.323 e. The predicted molar refractivity (Wildman–Crippen MR) is 94.5 cm³/mol. The Kier molecular flexibility index (Phi) is 4.87. The number of carbonyl (C=O) groups excluding carboxylic acids is 1. The number of aromatic amines is 1. The van der Waals surface area contributed by atoms with E-state index >= 15 is 0 Å². The Labute approximate surface area is 146 Å². The molecule has 8 heteroatoms. The summed E-state index contributed by atoms with van der Waals surface area (Å²) in [6, 6.07) is -0.337. The second-order valence-electron chi connectivity index (χ2n) is 6.53. The van der Waals surface area contributed by atoms with Crippen LogP contribution in [0.2, 0.25) is 0 Å². The summed E-state index contributed by atoms with van der Waals surface area (Å²) in [7, 11) is 1.63. The van der Waals surface area contributed by atoms with E-state index in [-0.39, 0.29) is 23.5 Å². The Morgan fingerprint density at radius 2 is 2.12 bits per heavy atom.